The largest absolute Gasteiger partial charge is 0.359 e. The summed E-state index contributed by atoms with van der Waals surface area (Å²) in [5, 5.41) is 12.1. The highest BCUT2D eigenvalue weighted by Crippen LogP contribution is 2.58. The summed E-state index contributed by atoms with van der Waals surface area (Å²) in [7, 11) is 3.40. The number of aromatic nitrogens is 1. The summed E-state index contributed by atoms with van der Waals surface area (Å²) in [5.74, 6) is -1.36. The number of hydrogen-bond donors (Lipinski definition) is 4. The summed E-state index contributed by atoms with van der Waals surface area (Å²) in [6.45, 7) is 17.4. The molecule has 4 aliphatic heterocycles. The summed E-state index contributed by atoms with van der Waals surface area (Å²) in [4.78, 5) is 42.3. The molecular formula is C40H56N6O2. The third-order valence-electron chi connectivity index (χ3n) is 11.7. The standard InChI is InChI=1S/C40H56N6O2/c1-11-30-33-22-28-18-17-26(43-28)21-27-19-20-29(44-27)23-38(15-5)31(12-2)32(13-3)39(16-6,46-38)34(14-4)40(45-33,25(8)37(48)42-10)35(30)24(7)36(47)41-9/h17-25,34,43,46H,11-16H2,1-10H3,(H,41,47)(H,42,48)/b26-21-,28-22-,29-23-. The van der Waals surface area contributed by atoms with Crippen LogP contribution in [-0.4, -0.2) is 58.9 Å². The lowest BCUT2D eigenvalue weighted by atomic mass is 9.57. The van der Waals surface area contributed by atoms with Crippen molar-refractivity contribution >= 4 is 35.4 Å². The number of hydrogen-bond acceptors (Lipinski definition) is 5. The molecule has 0 radical (unpaired) electrons. The zero-order chi connectivity index (χ0) is 35.0. The molecule has 258 valence electrons. The van der Waals surface area contributed by atoms with E-state index in [0.29, 0.717) is 6.42 Å². The third-order valence-corrected chi connectivity index (χ3v) is 11.7. The van der Waals surface area contributed by atoms with Gasteiger partial charge in [-0.15, -0.1) is 0 Å². The zero-order valence-electron chi connectivity index (χ0n) is 30.7. The Bertz CT molecular complexity index is 1790. The Hall–Kier alpha value is -3.78. The van der Waals surface area contributed by atoms with E-state index in [9.17, 15) is 9.59 Å². The Morgan fingerprint density at radius 3 is 2.10 bits per heavy atom. The van der Waals surface area contributed by atoms with Gasteiger partial charge in [-0.25, -0.2) is 4.99 Å². The fourth-order valence-electron chi connectivity index (χ4n) is 9.73. The molecule has 0 aliphatic carbocycles. The Balaban J connectivity index is 2.01. The molecule has 0 spiro atoms. The topological polar surface area (TPSA) is 111 Å². The number of carbonyl (C=O) groups is 2. The van der Waals surface area contributed by atoms with Gasteiger partial charge in [-0.05, 0) is 110 Å². The van der Waals surface area contributed by atoms with E-state index in [1.807, 2.05) is 13.8 Å². The van der Waals surface area contributed by atoms with Crippen LogP contribution in [0.5, 0.6) is 0 Å². The lowest BCUT2D eigenvalue weighted by molar-refractivity contribution is -0.128. The monoisotopic (exact) mass is 652 g/mol. The predicted octanol–water partition coefficient (Wildman–Crippen LogP) is 5.19. The van der Waals surface area contributed by atoms with E-state index in [2.05, 4.69) is 105 Å². The molecule has 0 saturated heterocycles. The van der Waals surface area contributed by atoms with Crippen LogP contribution in [0.1, 0.15) is 93.9 Å². The second-order valence-electron chi connectivity index (χ2n) is 13.7. The average Bonchev–Trinajstić information content (AvgIpc) is 3.87. The molecule has 4 N–H and O–H groups in total. The summed E-state index contributed by atoms with van der Waals surface area (Å²) in [6, 6.07) is 4.12. The van der Waals surface area contributed by atoms with E-state index in [-0.39, 0.29) is 17.7 Å². The summed E-state index contributed by atoms with van der Waals surface area (Å²) in [5.41, 5.74) is 5.54. The van der Waals surface area contributed by atoms with Crippen molar-refractivity contribution in [3.05, 3.63) is 69.0 Å². The van der Waals surface area contributed by atoms with Crippen LogP contribution in [0.15, 0.2) is 68.3 Å². The molecule has 48 heavy (non-hydrogen) atoms. The van der Waals surface area contributed by atoms with Crippen LogP contribution in [0.25, 0.3) is 12.2 Å². The molecule has 5 heterocycles. The van der Waals surface area contributed by atoms with Crippen LogP contribution in [-0.2, 0) is 9.59 Å². The normalized spacial score (nSPS) is 31.6. The first-order valence-electron chi connectivity index (χ1n) is 18.2. The van der Waals surface area contributed by atoms with Gasteiger partial charge in [0.1, 0.15) is 0 Å². The fourth-order valence-corrected chi connectivity index (χ4v) is 9.73. The van der Waals surface area contributed by atoms with Gasteiger partial charge in [-0.3, -0.25) is 19.9 Å². The number of allylic oxidation sites excluding steroid dienone is 3. The molecule has 5 rings (SSSR count). The molecule has 6 atom stereocenters. The molecule has 2 amide bonds. The van der Waals surface area contributed by atoms with Crippen molar-refractivity contribution in [2.75, 3.05) is 14.1 Å². The first kappa shape index (κ1) is 35.5. The average molecular weight is 653 g/mol. The van der Waals surface area contributed by atoms with E-state index in [4.69, 9.17) is 9.98 Å². The number of carbonyl (C=O) groups excluding carboxylic acids is 2. The molecule has 8 bridgehead atoms. The maximum Gasteiger partial charge on any atom is 0.226 e. The van der Waals surface area contributed by atoms with Crippen LogP contribution in [0, 0.1) is 17.8 Å². The van der Waals surface area contributed by atoms with Crippen molar-refractivity contribution in [3.63, 3.8) is 0 Å². The minimum Gasteiger partial charge on any atom is -0.359 e. The maximum atomic E-state index is 14.1. The maximum absolute atomic E-state index is 14.1. The SMILES string of the molecule is CCC1=C(C(C)C(=O)NC)C2(C(C)C(=O)NC)N=C1/C=c1/cc/c([nH]1)=C/C1=NC(=C\C3(CC)NC(CC)(C(CC)=C3CC)C2CC)/C=C1. The van der Waals surface area contributed by atoms with Gasteiger partial charge >= 0.3 is 0 Å². The number of nitrogens with zero attached hydrogens (tertiary/aromatic N) is 2. The van der Waals surface area contributed by atoms with Crippen LogP contribution >= 0.6 is 0 Å². The summed E-state index contributed by atoms with van der Waals surface area (Å²) in [6.07, 6.45) is 15.6. The number of nitrogens with one attached hydrogen (secondary N) is 4. The first-order chi connectivity index (χ1) is 23.0. The summed E-state index contributed by atoms with van der Waals surface area (Å²) < 4.78 is 0. The number of amides is 2. The fraction of sp³-hybridized carbons (Fsp3) is 0.550. The lowest BCUT2D eigenvalue weighted by Crippen LogP contribution is -2.64. The Kier molecular flexibility index (Phi) is 10.1. The van der Waals surface area contributed by atoms with Crippen LogP contribution < -0.4 is 26.6 Å². The Morgan fingerprint density at radius 2 is 1.54 bits per heavy atom. The molecule has 8 nitrogen and oxygen atoms in total. The van der Waals surface area contributed by atoms with Crippen molar-refractivity contribution in [1.82, 2.24) is 20.9 Å². The molecule has 6 unspecified atom stereocenters. The third kappa shape index (κ3) is 5.31. The van der Waals surface area contributed by atoms with Crippen molar-refractivity contribution in [2.24, 2.45) is 27.7 Å². The van der Waals surface area contributed by atoms with Gasteiger partial charge in [0, 0.05) is 36.3 Å². The highest BCUT2D eigenvalue weighted by atomic mass is 16.2. The molecule has 8 heteroatoms. The second kappa shape index (κ2) is 13.6. The Morgan fingerprint density at radius 1 is 0.875 bits per heavy atom. The molecule has 4 aliphatic rings. The van der Waals surface area contributed by atoms with Crippen LogP contribution in [0.3, 0.4) is 0 Å². The van der Waals surface area contributed by atoms with Gasteiger partial charge in [0.05, 0.1) is 40.0 Å². The number of fused-ring (bicyclic) bond motifs is 6. The smallest absolute Gasteiger partial charge is 0.226 e. The quantitative estimate of drug-likeness (QED) is 0.261. The molecule has 1 aromatic heterocycles. The predicted molar refractivity (Wildman–Crippen MR) is 198 cm³/mol. The molecule has 0 fully saturated rings. The number of aliphatic imine (C=N–C) groups is 2. The van der Waals surface area contributed by atoms with Crippen molar-refractivity contribution in [2.45, 2.75) is 111 Å². The molecule has 0 saturated carbocycles. The van der Waals surface area contributed by atoms with Gasteiger partial charge < -0.3 is 15.6 Å². The highest BCUT2D eigenvalue weighted by molar-refractivity contribution is 6.23. The van der Waals surface area contributed by atoms with Crippen molar-refractivity contribution < 1.29 is 9.59 Å². The van der Waals surface area contributed by atoms with E-state index >= 15 is 0 Å². The second-order valence-corrected chi connectivity index (χ2v) is 13.7. The number of rotatable bonds is 10. The first-order valence-corrected chi connectivity index (χ1v) is 18.2. The van der Waals surface area contributed by atoms with E-state index < -0.39 is 28.5 Å². The minimum atomic E-state index is -1.01. The van der Waals surface area contributed by atoms with Crippen LogP contribution in [0.4, 0.5) is 0 Å². The van der Waals surface area contributed by atoms with E-state index in [0.717, 1.165) is 71.1 Å². The van der Waals surface area contributed by atoms with Crippen LogP contribution in [0.2, 0.25) is 0 Å². The minimum absolute atomic E-state index is 0.0714. The van der Waals surface area contributed by atoms with E-state index in [1.165, 1.54) is 11.1 Å². The zero-order valence-corrected chi connectivity index (χ0v) is 30.7. The Labute approximate surface area is 286 Å². The summed E-state index contributed by atoms with van der Waals surface area (Å²) >= 11 is 0. The number of aromatic amines is 1. The molecule has 1 aromatic rings. The highest BCUT2D eigenvalue weighted by Gasteiger charge is 2.63. The molecular weight excluding hydrogens is 596 g/mol. The van der Waals surface area contributed by atoms with Gasteiger partial charge in [0.25, 0.3) is 0 Å². The lowest BCUT2D eigenvalue weighted by Gasteiger charge is -2.52. The van der Waals surface area contributed by atoms with Crippen molar-refractivity contribution in [3.8, 4) is 0 Å². The van der Waals surface area contributed by atoms with Gasteiger partial charge in [0.15, 0.2) is 0 Å². The van der Waals surface area contributed by atoms with Gasteiger partial charge in [-0.1, -0.05) is 48.5 Å². The van der Waals surface area contributed by atoms with E-state index in [1.54, 1.807) is 14.1 Å². The van der Waals surface area contributed by atoms with Crippen molar-refractivity contribution in [1.29, 1.82) is 0 Å². The van der Waals surface area contributed by atoms with Gasteiger partial charge in [-0.2, -0.15) is 0 Å². The molecule has 0 aromatic carbocycles. The van der Waals surface area contributed by atoms with Gasteiger partial charge in [0.2, 0.25) is 11.8 Å². The number of H-pyrrole nitrogens is 1.